The van der Waals surface area contributed by atoms with Crippen LogP contribution in [0.3, 0.4) is 0 Å². The molecule has 3 rings (SSSR count). The molecule has 0 aliphatic carbocycles. The van der Waals surface area contributed by atoms with Crippen LogP contribution in [-0.4, -0.2) is 17.6 Å². The number of nitrogens with zero attached hydrogens (tertiary/aromatic N) is 1. The highest BCUT2D eigenvalue weighted by atomic mass is 14.9. The number of rotatable bonds is 2. The number of aryl methyl sites for hydroxylation is 1. The Labute approximate surface area is 102 Å². The fraction of sp³-hybridized carbons (Fsp3) is 0.400. The van der Waals surface area contributed by atoms with Gasteiger partial charge >= 0.3 is 0 Å². The van der Waals surface area contributed by atoms with Gasteiger partial charge in [-0.05, 0) is 49.7 Å². The van der Waals surface area contributed by atoms with Gasteiger partial charge in [0.15, 0.2) is 0 Å². The average Bonchev–Trinajstić information content (AvgIpc) is 2.82. The van der Waals surface area contributed by atoms with Gasteiger partial charge < -0.3 is 5.32 Å². The number of nitrogens with one attached hydrogen (secondary N) is 1. The molecule has 2 aromatic rings. The number of hydrogen-bond donors (Lipinski definition) is 1. The normalized spacial score (nSPS) is 19.9. The van der Waals surface area contributed by atoms with Crippen LogP contribution in [0.25, 0.3) is 10.8 Å². The van der Waals surface area contributed by atoms with Crippen molar-refractivity contribution in [3.63, 3.8) is 0 Å². The lowest BCUT2D eigenvalue weighted by Gasteiger charge is -2.11. The summed E-state index contributed by atoms with van der Waals surface area (Å²) in [4.78, 5) is 4.33. The van der Waals surface area contributed by atoms with Crippen molar-refractivity contribution in [1.82, 2.24) is 10.3 Å². The zero-order valence-corrected chi connectivity index (χ0v) is 10.2. The molecule has 1 atom stereocenters. The van der Waals surface area contributed by atoms with Crippen LogP contribution in [0.2, 0.25) is 0 Å². The largest absolute Gasteiger partial charge is 0.314 e. The van der Waals surface area contributed by atoms with Crippen LogP contribution in [0.4, 0.5) is 0 Å². The molecule has 1 aliphatic heterocycles. The quantitative estimate of drug-likeness (QED) is 0.851. The summed E-state index contributed by atoms with van der Waals surface area (Å²) in [6.45, 7) is 3.25. The van der Waals surface area contributed by atoms with Crippen LogP contribution < -0.4 is 5.32 Å². The summed E-state index contributed by atoms with van der Waals surface area (Å²) in [6, 6.07) is 9.55. The van der Waals surface area contributed by atoms with Crippen molar-refractivity contribution in [3.05, 3.63) is 41.7 Å². The molecule has 17 heavy (non-hydrogen) atoms. The number of fused-ring (bicyclic) bond motifs is 1. The highest BCUT2D eigenvalue weighted by Gasteiger charge is 2.14. The van der Waals surface area contributed by atoms with Gasteiger partial charge in [-0.25, -0.2) is 0 Å². The third-order valence-electron chi connectivity index (χ3n) is 3.67. The van der Waals surface area contributed by atoms with Gasteiger partial charge in [0.1, 0.15) is 0 Å². The maximum absolute atomic E-state index is 4.33. The van der Waals surface area contributed by atoms with Crippen molar-refractivity contribution >= 4 is 10.8 Å². The van der Waals surface area contributed by atoms with Gasteiger partial charge in [-0.2, -0.15) is 0 Å². The van der Waals surface area contributed by atoms with E-state index in [0.29, 0.717) is 6.04 Å². The lowest BCUT2D eigenvalue weighted by molar-refractivity contribution is 0.603. The van der Waals surface area contributed by atoms with Gasteiger partial charge in [0, 0.05) is 23.3 Å². The fourth-order valence-electron chi connectivity index (χ4n) is 2.72. The molecule has 1 aromatic carbocycles. The van der Waals surface area contributed by atoms with E-state index in [1.807, 2.05) is 6.20 Å². The molecule has 1 fully saturated rings. The highest BCUT2D eigenvalue weighted by Crippen LogP contribution is 2.20. The summed E-state index contributed by atoms with van der Waals surface area (Å²) in [5, 5.41) is 6.14. The van der Waals surface area contributed by atoms with E-state index in [2.05, 4.69) is 41.5 Å². The molecule has 0 bridgehead atoms. The van der Waals surface area contributed by atoms with Crippen LogP contribution >= 0.6 is 0 Å². The van der Waals surface area contributed by atoms with Crippen molar-refractivity contribution in [3.8, 4) is 0 Å². The number of aromatic nitrogens is 1. The predicted octanol–water partition coefficient (Wildman–Crippen LogP) is 2.84. The van der Waals surface area contributed by atoms with Crippen LogP contribution in [0.15, 0.2) is 30.5 Å². The SMILES string of the molecule is Cc1nccc2cc(CC3CCCN3)ccc12. The monoisotopic (exact) mass is 226 g/mol. The second-order valence-corrected chi connectivity index (χ2v) is 4.95. The standard InChI is InChI=1S/C15H18N2/c1-11-15-5-4-12(9-13(15)6-8-16-11)10-14-3-2-7-17-14/h4-6,8-9,14,17H,2-3,7,10H2,1H3. The first-order chi connectivity index (χ1) is 8.33. The Balaban J connectivity index is 1.90. The third kappa shape index (κ3) is 2.18. The molecule has 1 saturated heterocycles. The van der Waals surface area contributed by atoms with E-state index >= 15 is 0 Å². The first kappa shape index (κ1) is 10.7. The second-order valence-electron chi connectivity index (χ2n) is 4.95. The summed E-state index contributed by atoms with van der Waals surface area (Å²) >= 11 is 0. The highest BCUT2D eigenvalue weighted by molar-refractivity contribution is 5.84. The molecule has 1 N–H and O–H groups in total. The molecular weight excluding hydrogens is 208 g/mol. The Hall–Kier alpha value is -1.41. The van der Waals surface area contributed by atoms with Crippen molar-refractivity contribution in [2.45, 2.75) is 32.2 Å². The molecule has 1 aromatic heterocycles. The fourth-order valence-corrected chi connectivity index (χ4v) is 2.72. The summed E-state index contributed by atoms with van der Waals surface area (Å²) in [5.74, 6) is 0. The van der Waals surface area contributed by atoms with Gasteiger partial charge in [0.25, 0.3) is 0 Å². The molecular formula is C15H18N2. The summed E-state index contributed by atoms with van der Waals surface area (Å²) in [7, 11) is 0. The molecule has 2 nitrogen and oxygen atoms in total. The lowest BCUT2D eigenvalue weighted by Crippen LogP contribution is -2.23. The van der Waals surface area contributed by atoms with Gasteiger partial charge in [0.2, 0.25) is 0 Å². The minimum absolute atomic E-state index is 0.676. The lowest BCUT2D eigenvalue weighted by atomic mass is 10.0. The third-order valence-corrected chi connectivity index (χ3v) is 3.67. The molecule has 0 amide bonds. The Morgan fingerprint density at radius 1 is 1.35 bits per heavy atom. The van der Waals surface area contributed by atoms with Gasteiger partial charge in [0.05, 0.1) is 0 Å². The minimum atomic E-state index is 0.676. The Morgan fingerprint density at radius 2 is 2.29 bits per heavy atom. The predicted molar refractivity (Wildman–Crippen MR) is 71.2 cm³/mol. The summed E-state index contributed by atoms with van der Waals surface area (Å²) in [5.41, 5.74) is 2.55. The van der Waals surface area contributed by atoms with E-state index in [0.717, 1.165) is 12.1 Å². The number of benzene rings is 1. The van der Waals surface area contributed by atoms with Crippen molar-refractivity contribution in [1.29, 1.82) is 0 Å². The van der Waals surface area contributed by atoms with Crippen LogP contribution in [-0.2, 0) is 6.42 Å². The van der Waals surface area contributed by atoms with Crippen molar-refractivity contribution < 1.29 is 0 Å². The zero-order chi connectivity index (χ0) is 11.7. The maximum atomic E-state index is 4.33. The van der Waals surface area contributed by atoms with Crippen molar-refractivity contribution in [2.24, 2.45) is 0 Å². The van der Waals surface area contributed by atoms with Crippen LogP contribution in [0.5, 0.6) is 0 Å². The molecule has 0 radical (unpaired) electrons. The Kier molecular flexibility index (Phi) is 2.81. The Bertz CT molecular complexity index is 527. The Morgan fingerprint density at radius 3 is 3.12 bits per heavy atom. The smallest absolute Gasteiger partial charge is 0.0450 e. The first-order valence-electron chi connectivity index (χ1n) is 6.40. The molecule has 1 unspecified atom stereocenters. The molecule has 2 heterocycles. The zero-order valence-electron chi connectivity index (χ0n) is 10.2. The number of pyridine rings is 1. The average molecular weight is 226 g/mol. The molecule has 0 spiro atoms. The van der Waals surface area contributed by atoms with E-state index in [9.17, 15) is 0 Å². The molecule has 88 valence electrons. The van der Waals surface area contributed by atoms with Crippen LogP contribution in [0, 0.1) is 6.92 Å². The van der Waals surface area contributed by atoms with Crippen LogP contribution in [0.1, 0.15) is 24.1 Å². The number of hydrogen-bond acceptors (Lipinski definition) is 2. The summed E-state index contributed by atoms with van der Waals surface area (Å²) in [6.07, 6.45) is 5.68. The van der Waals surface area contributed by atoms with E-state index < -0.39 is 0 Å². The maximum Gasteiger partial charge on any atom is 0.0450 e. The molecule has 1 aliphatic rings. The summed E-state index contributed by atoms with van der Waals surface area (Å²) < 4.78 is 0. The van der Waals surface area contributed by atoms with Gasteiger partial charge in [-0.1, -0.05) is 18.2 Å². The first-order valence-corrected chi connectivity index (χ1v) is 6.40. The second kappa shape index (κ2) is 4.46. The van der Waals surface area contributed by atoms with E-state index in [-0.39, 0.29) is 0 Å². The topological polar surface area (TPSA) is 24.9 Å². The van der Waals surface area contributed by atoms with Crippen molar-refractivity contribution in [2.75, 3.05) is 6.54 Å². The van der Waals surface area contributed by atoms with Gasteiger partial charge in [-0.15, -0.1) is 0 Å². The van der Waals surface area contributed by atoms with E-state index in [1.54, 1.807) is 0 Å². The molecule has 2 heteroatoms. The van der Waals surface area contributed by atoms with E-state index in [4.69, 9.17) is 0 Å². The molecule has 0 saturated carbocycles. The van der Waals surface area contributed by atoms with Gasteiger partial charge in [-0.3, -0.25) is 4.98 Å². The minimum Gasteiger partial charge on any atom is -0.314 e. The van der Waals surface area contributed by atoms with E-state index in [1.165, 1.54) is 35.7 Å².